The van der Waals surface area contributed by atoms with Crippen LogP contribution in [0.15, 0.2) is 29.2 Å². The van der Waals surface area contributed by atoms with Gasteiger partial charge in [0.05, 0.1) is 4.90 Å². The molecule has 1 rings (SSSR count). The van der Waals surface area contributed by atoms with Crippen molar-refractivity contribution < 1.29 is 17.7 Å². The van der Waals surface area contributed by atoms with Gasteiger partial charge in [0, 0.05) is 34.9 Å². The highest BCUT2D eigenvalue weighted by molar-refractivity contribution is 7.89. The van der Waals surface area contributed by atoms with Gasteiger partial charge in [0.2, 0.25) is 10.0 Å². The van der Waals surface area contributed by atoms with E-state index >= 15 is 0 Å². The van der Waals surface area contributed by atoms with Crippen molar-refractivity contribution in [3.63, 3.8) is 0 Å². The number of aliphatic hydroxyl groups is 1. The molecule has 1 atom stereocenters. The van der Waals surface area contributed by atoms with E-state index in [0.29, 0.717) is 5.56 Å². The molecular formula is C12H15NO4S2. The zero-order valence-electron chi connectivity index (χ0n) is 10.4. The average Bonchev–Trinajstić information content (AvgIpc) is 2.36. The molecule has 19 heavy (non-hydrogen) atoms. The molecule has 1 aromatic rings. The summed E-state index contributed by atoms with van der Waals surface area (Å²) in [6, 6.07) is 6.00. The van der Waals surface area contributed by atoms with Gasteiger partial charge < -0.3 is 5.11 Å². The third-order valence-corrected chi connectivity index (χ3v) is 4.41. The van der Waals surface area contributed by atoms with Gasteiger partial charge in [0.25, 0.3) is 0 Å². The van der Waals surface area contributed by atoms with Gasteiger partial charge in [0.15, 0.2) is 0 Å². The molecule has 0 fully saturated rings. The molecule has 0 heterocycles. The normalized spacial score (nSPS) is 12.5. The lowest BCUT2D eigenvalue weighted by molar-refractivity contribution is 0.350. The minimum absolute atomic E-state index is 0.129. The van der Waals surface area contributed by atoms with Gasteiger partial charge in [-0.3, -0.25) is 4.21 Å². The lowest BCUT2D eigenvalue weighted by atomic mass is 10.2. The Balaban J connectivity index is 2.76. The second-order valence-corrected chi connectivity index (χ2v) is 6.98. The molecule has 0 amide bonds. The quantitative estimate of drug-likeness (QED) is 0.731. The first-order chi connectivity index (χ1) is 8.95. The molecule has 2 N–H and O–H groups in total. The Kier molecular flexibility index (Phi) is 6.18. The Morgan fingerprint density at radius 1 is 1.32 bits per heavy atom. The number of sulfonamides is 1. The van der Waals surface area contributed by atoms with Crippen LogP contribution in [-0.2, 0) is 20.8 Å². The molecule has 0 radical (unpaired) electrons. The number of hydrogen-bond donors (Lipinski definition) is 2. The summed E-state index contributed by atoms with van der Waals surface area (Å²) in [7, 11) is -4.61. The Morgan fingerprint density at radius 2 is 1.95 bits per heavy atom. The van der Waals surface area contributed by atoms with Crippen LogP contribution in [0.1, 0.15) is 5.56 Å². The average molecular weight is 301 g/mol. The molecule has 0 saturated carbocycles. The van der Waals surface area contributed by atoms with Crippen molar-refractivity contribution in [2.45, 2.75) is 4.90 Å². The van der Waals surface area contributed by atoms with E-state index in [1.807, 2.05) is 0 Å². The molecule has 0 aliphatic rings. The maximum absolute atomic E-state index is 11.9. The van der Waals surface area contributed by atoms with Crippen molar-refractivity contribution >= 4 is 20.8 Å². The topological polar surface area (TPSA) is 83.5 Å². The van der Waals surface area contributed by atoms with E-state index in [1.54, 1.807) is 12.1 Å². The largest absolute Gasteiger partial charge is 0.384 e. The van der Waals surface area contributed by atoms with Crippen molar-refractivity contribution in [2.24, 2.45) is 0 Å². The zero-order chi connectivity index (χ0) is 14.3. The smallest absolute Gasteiger partial charge is 0.240 e. The minimum atomic E-state index is -3.58. The van der Waals surface area contributed by atoms with Crippen LogP contribution in [0, 0.1) is 11.8 Å². The molecule has 1 aromatic carbocycles. The summed E-state index contributed by atoms with van der Waals surface area (Å²) < 4.78 is 36.9. The molecule has 0 spiro atoms. The van der Waals surface area contributed by atoms with E-state index in [1.165, 1.54) is 18.4 Å². The van der Waals surface area contributed by atoms with E-state index in [4.69, 9.17) is 5.11 Å². The maximum Gasteiger partial charge on any atom is 0.240 e. The van der Waals surface area contributed by atoms with Crippen LogP contribution in [-0.4, -0.2) is 42.9 Å². The molecule has 0 saturated heterocycles. The molecule has 7 heteroatoms. The van der Waals surface area contributed by atoms with E-state index in [9.17, 15) is 12.6 Å². The van der Waals surface area contributed by atoms with Gasteiger partial charge in [-0.2, -0.15) is 0 Å². The number of benzene rings is 1. The Morgan fingerprint density at radius 3 is 2.47 bits per heavy atom. The summed E-state index contributed by atoms with van der Waals surface area (Å²) >= 11 is 0. The summed E-state index contributed by atoms with van der Waals surface area (Å²) in [6.07, 6.45) is 1.52. The molecule has 0 aliphatic carbocycles. The molecule has 0 bridgehead atoms. The summed E-state index contributed by atoms with van der Waals surface area (Å²) in [4.78, 5) is 0.129. The van der Waals surface area contributed by atoms with Gasteiger partial charge in [-0.1, -0.05) is 11.8 Å². The van der Waals surface area contributed by atoms with Crippen molar-refractivity contribution in [1.29, 1.82) is 0 Å². The van der Waals surface area contributed by atoms with Crippen molar-refractivity contribution in [1.82, 2.24) is 4.72 Å². The highest BCUT2D eigenvalue weighted by Crippen LogP contribution is 2.09. The standard InChI is InChI=1S/C12H15NO4S2/c1-18(15)10-8-13-19(16,17)12-6-4-11(5-7-12)3-2-9-14/h4-7,13-14H,8-10H2,1H3. The predicted octanol–water partition coefficient (Wildman–Crippen LogP) is -0.313. The predicted molar refractivity (Wildman–Crippen MR) is 74.5 cm³/mol. The van der Waals surface area contributed by atoms with Gasteiger partial charge in [-0.05, 0) is 24.3 Å². The highest BCUT2D eigenvalue weighted by Gasteiger charge is 2.12. The Hall–Kier alpha value is -1.20. The van der Waals surface area contributed by atoms with Crippen molar-refractivity contribution in [3.05, 3.63) is 29.8 Å². The lowest BCUT2D eigenvalue weighted by Crippen LogP contribution is -2.27. The number of nitrogens with one attached hydrogen (secondary N) is 1. The summed E-state index contributed by atoms with van der Waals surface area (Å²) in [5.74, 6) is 5.43. The number of rotatable bonds is 5. The molecule has 104 valence electrons. The third-order valence-electron chi connectivity index (χ3n) is 2.16. The second kappa shape index (κ2) is 7.40. The first-order valence-corrected chi connectivity index (χ1v) is 8.66. The fourth-order valence-electron chi connectivity index (χ4n) is 1.26. The Bertz CT molecular complexity index is 597. The van der Waals surface area contributed by atoms with Crippen LogP contribution in [0.4, 0.5) is 0 Å². The van der Waals surface area contributed by atoms with E-state index < -0.39 is 20.8 Å². The lowest BCUT2D eigenvalue weighted by Gasteiger charge is -2.05. The van der Waals surface area contributed by atoms with Gasteiger partial charge in [-0.15, -0.1) is 0 Å². The molecule has 0 aliphatic heterocycles. The van der Waals surface area contributed by atoms with Gasteiger partial charge in [0.1, 0.15) is 6.61 Å². The van der Waals surface area contributed by atoms with Gasteiger partial charge in [-0.25, -0.2) is 13.1 Å². The Labute approximate surface area is 115 Å². The fourth-order valence-corrected chi connectivity index (χ4v) is 2.81. The van der Waals surface area contributed by atoms with E-state index in [-0.39, 0.29) is 23.8 Å². The van der Waals surface area contributed by atoms with Crippen LogP contribution >= 0.6 is 0 Å². The highest BCUT2D eigenvalue weighted by atomic mass is 32.2. The van der Waals surface area contributed by atoms with E-state index in [2.05, 4.69) is 16.6 Å². The molecule has 0 aromatic heterocycles. The summed E-state index contributed by atoms with van der Waals surface area (Å²) in [5, 5.41) is 8.55. The minimum Gasteiger partial charge on any atom is -0.384 e. The van der Waals surface area contributed by atoms with Crippen LogP contribution in [0.25, 0.3) is 0 Å². The monoisotopic (exact) mass is 301 g/mol. The van der Waals surface area contributed by atoms with Crippen LogP contribution in [0.5, 0.6) is 0 Å². The van der Waals surface area contributed by atoms with Crippen LogP contribution < -0.4 is 4.72 Å². The van der Waals surface area contributed by atoms with Crippen LogP contribution in [0.2, 0.25) is 0 Å². The summed E-state index contributed by atoms with van der Waals surface area (Å²) in [5.41, 5.74) is 0.627. The fraction of sp³-hybridized carbons (Fsp3) is 0.333. The van der Waals surface area contributed by atoms with Gasteiger partial charge >= 0.3 is 0 Å². The second-order valence-electron chi connectivity index (χ2n) is 3.66. The first kappa shape index (κ1) is 15.9. The molecule has 5 nitrogen and oxygen atoms in total. The maximum atomic E-state index is 11.9. The van der Waals surface area contributed by atoms with Crippen LogP contribution in [0.3, 0.4) is 0 Å². The molecule has 1 unspecified atom stereocenters. The van der Waals surface area contributed by atoms with Crippen molar-refractivity contribution in [2.75, 3.05) is 25.2 Å². The van der Waals surface area contributed by atoms with E-state index in [0.717, 1.165) is 0 Å². The third kappa shape index (κ3) is 5.53. The molecular weight excluding hydrogens is 286 g/mol. The summed E-state index contributed by atoms with van der Waals surface area (Å²) in [6.45, 7) is -0.104. The zero-order valence-corrected chi connectivity index (χ0v) is 12.1. The first-order valence-electron chi connectivity index (χ1n) is 5.45. The number of hydrogen-bond acceptors (Lipinski definition) is 4. The SMILES string of the molecule is CS(=O)CCNS(=O)(=O)c1ccc(C#CCO)cc1. The number of aliphatic hydroxyl groups excluding tert-OH is 1. The van der Waals surface area contributed by atoms with Crippen molar-refractivity contribution in [3.8, 4) is 11.8 Å².